The van der Waals surface area contributed by atoms with Gasteiger partial charge in [0.05, 0.1) is 12.7 Å². The number of hydrogen-bond acceptors (Lipinski definition) is 8. The van der Waals surface area contributed by atoms with Gasteiger partial charge in [-0.05, 0) is 105 Å². The molecule has 1 atom stereocenters. The molecule has 3 amide bonds. The number of rotatable bonds is 8. The second kappa shape index (κ2) is 14.5. The fraction of sp³-hybridized carbons (Fsp3) is 0.541. The molecular weight excluding hydrogens is 622 g/mol. The average molecular weight is 676 g/mol. The van der Waals surface area contributed by atoms with Gasteiger partial charge in [-0.2, -0.15) is 9.61 Å². The lowest BCUT2D eigenvalue weighted by atomic mass is 9.88. The molecule has 12 nitrogen and oxygen atoms in total. The molecule has 4 rings (SSSR count). The Kier molecular flexibility index (Phi) is 11.0. The van der Waals surface area contributed by atoms with Crippen LogP contribution >= 0.6 is 0 Å². The molecule has 1 aliphatic rings. The van der Waals surface area contributed by atoms with Crippen molar-refractivity contribution in [1.29, 1.82) is 0 Å². The van der Waals surface area contributed by atoms with Crippen molar-refractivity contribution in [2.75, 3.05) is 22.1 Å². The lowest BCUT2D eigenvalue weighted by Crippen LogP contribution is -2.57. The van der Waals surface area contributed by atoms with Crippen molar-refractivity contribution in [1.82, 2.24) is 19.5 Å². The minimum Gasteiger partial charge on any atom is -0.444 e. The van der Waals surface area contributed by atoms with E-state index in [9.17, 15) is 14.4 Å². The summed E-state index contributed by atoms with van der Waals surface area (Å²) in [5.74, 6) is 0.861. The van der Waals surface area contributed by atoms with E-state index in [1.807, 2.05) is 59.7 Å². The topological polar surface area (TPSA) is 130 Å². The third kappa shape index (κ3) is 9.73. The van der Waals surface area contributed by atoms with Crippen LogP contribution in [0.3, 0.4) is 0 Å². The largest absolute Gasteiger partial charge is 0.444 e. The maximum Gasteiger partial charge on any atom is 0.416 e. The molecule has 0 spiro atoms. The van der Waals surface area contributed by atoms with Crippen LogP contribution in [-0.2, 0) is 20.8 Å². The Balaban J connectivity index is 1.76. The minimum atomic E-state index is -0.766. The number of carbonyl (C=O) groups excluding carboxylic acids is 3. The molecule has 1 aromatic carbocycles. The zero-order valence-corrected chi connectivity index (χ0v) is 30.9. The van der Waals surface area contributed by atoms with E-state index in [0.717, 1.165) is 24.0 Å². The fourth-order valence-corrected chi connectivity index (χ4v) is 5.65. The Bertz CT molecular complexity index is 1700. The molecule has 3 heterocycles. The lowest BCUT2D eigenvalue weighted by molar-refractivity contribution is -0.111. The van der Waals surface area contributed by atoms with Crippen LogP contribution in [0.5, 0.6) is 0 Å². The molecule has 1 aliphatic heterocycles. The van der Waals surface area contributed by atoms with Crippen LogP contribution in [0, 0.1) is 0 Å². The number of nitrogens with zero attached hydrogens (tertiary/aromatic N) is 5. The van der Waals surface area contributed by atoms with Crippen LogP contribution in [0.15, 0.2) is 48.7 Å². The van der Waals surface area contributed by atoms with Crippen molar-refractivity contribution in [3.05, 3.63) is 59.8 Å². The molecule has 0 radical (unpaired) electrons. The van der Waals surface area contributed by atoms with Gasteiger partial charge >= 0.3 is 12.2 Å². The summed E-state index contributed by atoms with van der Waals surface area (Å²) in [5, 5.41) is 11.1. The highest BCUT2D eigenvalue weighted by Crippen LogP contribution is 2.33. The van der Waals surface area contributed by atoms with Crippen molar-refractivity contribution >= 4 is 41.1 Å². The number of aromatic nitrogens is 3. The van der Waals surface area contributed by atoms with Gasteiger partial charge in [0.25, 0.3) is 0 Å². The summed E-state index contributed by atoms with van der Waals surface area (Å²) in [6.07, 6.45) is 5.53. The SMILES string of the molecule is C/C=C/C(=O)Nc1cccc(CN(C(=O)OC(C)(C)C)c2cc(N[C@@H]3CCC(C)(C)N(C(=O)OC(C)(C)C)C3)nc3c(C(C)C)cnn23)c1. The number of hydrogen-bond donors (Lipinski definition) is 2. The molecule has 12 heteroatoms. The van der Waals surface area contributed by atoms with E-state index < -0.39 is 17.3 Å². The molecule has 0 aliphatic carbocycles. The smallest absolute Gasteiger partial charge is 0.416 e. The van der Waals surface area contributed by atoms with E-state index in [4.69, 9.17) is 14.5 Å². The van der Waals surface area contributed by atoms with Gasteiger partial charge in [0, 0.05) is 35.4 Å². The average Bonchev–Trinajstić information content (AvgIpc) is 3.39. The van der Waals surface area contributed by atoms with Gasteiger partial charge in [0.15, 0.2) is 5.65 Å². The number of piperidine rings is 1. The van der Waals surface area contributed by atoms with E-state index >= 15 is 0 Å². The molecule has 1 fully saturated rings. The Morgan fingerprint density at radius 3 is 2.41 bits per heavy atom. The number of benzene rings is 1. The van der Waals surface area contributed by atoms with E-state index in [1.165, 1.54) is 11.0 Å². The van der Waals surface area contributed by atoms with E-state index in [0.29, 0.717) is 29.5 Å². The number of carbonyl (C=O) groups is 3. The van der Waals surface area contributed by atoms with Crippen LogP contribution < -0.4 is 15.5 Å². The van der Waals surface area contributed by atoms with Gasteiger partial charge in [-0.1, -0.05) is 32.1 Å². The van der Waals surface area contributed by atoms with Crippen molar-refractivity contribution in [3.8, 4) is 0 Å². The Labute approximate surface area is 290 Å². The van der Waals surface area contributed by atoms with Crippen molar-refractivity contribution in [3.63, 3.8) is 0 Å². The maximum absolute atomic E-state index is 14.0. The summed E-state index contributed by atoms with van der Waals surface area (Å²) < 4.78 is 13.3. The summed E-state index contributed by atoms with van der Waals surface area (Å²) >= 11 is 0. The van der Waals surface area contributed by atoms with Gasteiger partial charge in [0.2, 0.25) is 5.91 Å². The number of amides is 3. The first kappa shape index (κ1) is 37.2. The van der Waals surface area contributed by atoms with Gasteiger partial charge in [0.1, 0.15) is 22.8 Å². The number of fused-ring (bicyclic) bond motifs is 1. The van der Waals surface area contributed by atoms with E-state index in [1.54, 1.807) is 40.7 Å². The van der Waals surface area contributed by atoms with Gasteiger partial charge in [-0.25, -0.2) is 14.6 Å². The first-order valence-electron chi connectivity index (χ1n) is 17.0. The molecular formula is C37H53N7O5. The van der Waals surface area contributed by atoms with Crippen LogP contribution in [0.2, 0.25) is 0 Å². The number of nitrogens with one attached hydrogen (secondary N) is 2. The molecule has 0 bridgehead atoms. The highest BCUT2D eigenvalue weighted by molar-refractivity contribution is 5.99. The third-order valence-corrected chi connectivity index (χ3v) is 8.05. The van der Waals surface area contributed by atoms with Crippen molar-refractivity contribution < 1.29 is 23.9 Å². The molecule has 0 saturated carbocycles. The van der Waals surface area contributed by atoms with Crippen LogP contribution in [0.25, 0.3) is 5.65 Å². The monoisotopic (exact) mass is 675 g/mol. The van der Waals surface area contributed by atoms with Crippen molar-refractivity contribution in [2.45, 2.75) is 124 Å². The molecule has 1 saturated heterocycles. The van der Waals surface area contributed by atoms with Crippen LogP contribution in [0.1, 0.15) is 106 Å². The highest BCUT2D eigenvalue weighted by Gasteiger charge is 2.40. The van der Waals surface area contributed by atoms with Gasteiger partial charge < -0.3 is 25.0 Å². The summed E-state index contributed by atoms with van der Waals surface area (Å²) in [7, 11) is 0. The summed E-state index contributed by atoms with van der Waals surface area (Å²) in [4.78, 5) is 47.8. The Morgan fingerprint density at radius 1 is 1.08 bits per heavy atom. The normalized spacial score (nSPS) is 16.6. The number of ether oxygens (including phenoxy) is 2. The zero-order chi connectivity index (χ0) is 36.3. The molecule has 3 aromatic rings. The van der Waals surface area contributed by atoms with Crippen LogP contribution in [-0.4, -0.2) is 66.9 Å². The predicted octanol–water partition coefficient (Wildman–Crippen LogP) is 7.90. The Hall–Kier alpha value is -4.61. The fourth-order valence-electron chi connectivity index (χ4n) is 5.65. The maximum atomic E-state index is 14.0. The third-order valence-electron chi connectivity index (χ3n) is 8.05. The number of allylic oxidation sites excluding steroid dienone is 1. The van der Waals surface area contributed by atoms with E-state index in [-0.39, 0.29) is 36.0 Å². The summed E-state index contributed by atoms with van der Waals surface area (Å²) in [6, 6.07) is 9.01. The minimum absolute atomic E-state index is 0.110. The predicted molar refractivity (Wildman–Crippen MR) is 193 cm³/mol. The number of likely N-dealkylation sites (tertiary alicyclic amines) is 1. The summed E-state index contributed by atoms with van der Waals surface area (Å²) in [6.45, 7) is 21.6. The van der Waals surface area contributed by atoms with E-state index in [2.05, 4.69) is 43.4 Å². The van der Waals surface area contributed by atoms with Crippen LogP contribution in [0.4, 0.5) is 26.9 Å². The second-order valence-corrected chi connectivity index (χ2v) is 15.5. The lowest BCUT2D eigenvalue weighted by Gasteiger charge is -2.45. The quantitative estimate of drug-likeness (QED) is 0.231. The highest BCUT2D eigenvalue weighted by atomic mass is 16.6. The van der Waals surface area contributed by atoms with Gasteiger partial charge in [-0.3, -0.25) is 9.69 Å². The zero-order valence-electron chi connectivity index (χ0n) is 30.9. The molecule has 2 aromatic heterocycles. The second-order valence-electron chi connectivity index (χ2n) is 15.5. The number of anilines is 3. The first-order chi connectivity index (χ1) is 22.8. The first-order valence-corrected chi connectivity index (χ1v) is 17.0. The Morgan fingerprint density at radius 2 is 1.78 bits per heavy atom. The molecule has 49 heavy (non-hydrogen) atoms. The molecule has 266 valence electrons. The standard InChI is InChI=1S/C37H53N7O5/c1-12-14-30(45)40-26-16-13-15-25(19-26)22-42(33(46)48-35(4,5)6)31-20-29(41-32-28(24(2)3)21-38-44(31)32)39-27-17-18-37(10,11)43(23-27)34(47)49-36(7,8)9/h12-16,19-21,24,27H,17-18,22-23H2,1-11H3,(H,39,41)(H,40,45)/b14-12+/t27-/m1/s1. The molecule has 0 unspecified atom stereocenters. The molecule has 2 N–H and O–H groups in total. The van der Waals surface area contributed by atoms with Crippen molar-refractivity contribution in [2.24, 2.45) is 0 Å². The summed E-state index contributed by atoms with van der Waals surface area (Å²) in [5.41, 5.74) is 1.13. The van der Waals surface area contributed by atoms with Gasteiger partial charge in [-0.15, -0.1) is 0 Å².